The van der Waals surface area contributed by atoms with Crippen LogP contribution in [0.3, 0.4) is 0 Å². The van der Waals surface area contributed by atoms with Gasteiger partial charge in [-0.2, -0.15) is 0 Å². The van der Waals surface area contributed by atoms with Gasteiger partial charge in [0.15, 0.2) is 0 Å². The maximum Gasteiger partial charge on any atom is 0.325 e. The Labute approximate surface area is 139 Å². The van der Waals surface area contributed by atoms with Gasteiger partial charge in [0.2, 0.25) is 0 Å². The molecule has 124 valence electrons. The van der Waals surface area contributed by atoms with Gasteiger partial charge in [-0.3, -0.25) is 9.69 Å². The maximum atomic E-state index is 13.2. The highest BCUT2D eigenvalue weighted by molar-refractivity contribution is 6.07. The number of aromatic nitrogens is 1. The monoisotopic (exact) mass is 325 g/mol. The number of nitrogens with zero attached hydrogens (tertiary/aromatic N) is 2. The van der Waals surface area contributed by atoms with Crippen LogP contribution in [0.25, 0.3) is 0 Å². The number of hydrogen-bond donors (Lipinski definition) is 1. The molecule has 2 heterocycles. The lowest BCUT2D eigenvalue weighted by molar-refractivity contribution is -0.132. The minimum Gasteiger partial charge on any atom is -0.361 e. The summed E-state index contributed by atoms with van der Waals surface area (Å²) in [5, 5.41) is 6.87. The Bertz CT molecular complexity index is 813. The third-order valence-electron chi connectivity index (χ3n) is 4.90. The molecule has 1 saturated heterocycles. The number of benzene rings is 1. The van der Waals surface area contributed by atoms with Crippen molar-refractivity contribution < 1.29 is 14.1 Å². The van der Waals surface area contributed by atoms with Crippen molar-refractivity contribution in [1.82, 2.24) is 15.4 Å². The van der Waals surface area contributed by atoms with E-state index in [0.717, 1.165) is 30.4 Å². The van der Waals surface area contributed by atoms with Crippen molar-refractivity contribution in [2.45, 2.75) is 44.7 Å². The van der Waals surface area contributed by atoms with Crippen LogP contribution >= 0.6 is 0 Å². The van der Waals surface area contributed by atoms with Crippen LogP contribution in [0.1, 0.15) is 41.8 Å². The second-order valence-corrected chi connectivity index (χ2v) is 6.52. The number of amides is 3. The zero-order valence-corrected chi connectivity index (χ0v) is 13.5. The molecule has 1 aliphatic carbocycles. The van der Waals surface area contributed by atoms with Gasteiger partial charge in [0.1, 0.15) is 17.0 Å². The highest BCUT2D eigenvalue weighted by Crippen LogP contribution is 2.39. The molecule has 2 aliphatic rings. The number of nitrogens with one attached hydrogen (secondary N) is 1. The number of carbonyl (C=O) groups excluding carboxylic acids is 2. The highest BCUT2D eigenvalue weighted by Gasteiger charge is 2.53. The summed E-state index contributed by atoms with van der Waals surface area (Å²) >= 11 is 0. The Morgan fingerprint density at radius 2 is 2.12 bits per heavy atom. The van der Waals surface area contributed by atoms with Gasteiger partial charge < -0.3 is 9.84 Å². The van der Waals surface area contributed by atoms with Crippen molar-refractivity contribution in [3.63, 3.8) is 0 Å². The Morgan fingerprint density at radius 1 is 1.29 bits per heavy atom. The summed E-state index contributed by atoms with van der Waals surface area (Å²) in [5.74, 6) is 0.467. The van der Waals surface area contributed by atoms with E-state index in [-0.39, 0.29) is 18.5 Å². The number of urea groups is 1. The number of hydrogen-bond acceptors (Lipinski definition) is 4. The van der Waals surface area contributed by atoms with E-state index in [1.807, 2.05) is 24.3 Å². The maximum absolute atomic E-state index is 13.2. The van der Waals surface area contributed by atoms with Crippen molar-refractivity contribution in [2.24, 2.45) is 0 Å². The first-order valence-corrected chi connectivity index (χ1v) is 8.25. The molecule has 3 amide bonds. The van der Waals surface area contributed by atoms with Crippen LogP contribution < -0.4 is 5.32 Å². The van der Waals surface area contributed by atoms with E-state index in [2.05, 4.69) is 10.5 Å². The Balaban J connectivity index is 1.72. The van der Waals surface area contributed by atoms with E-state index in [1.54, 1.807) is 13.0 Å². The SMILES string of the molecule is Cc1cc(CN2C(=O)NC3(CCCCc4ccccc43)C2=O)no1. The molecule has 24 heavy (non-hydrogen) atoms. The number of aryl methyl sites for hydroxylation is 2. The molecule has 1 aromatic carbocycles. The van der Waals surface area contributed by atoms with Crippen molar-refractivity contribution in [3.05, 3.63) is 52.9 Å². The molecule has 0 radical (unpaired) electrons. The standard InChI is InChI=1S/C18H19N3O3/c1-12-10-14(20-24-12)11-21-16(22)18(19-17(21)23)9-5-4-7-13-6-2-3-8-15(13)18/h2-3,6,8,10H,4-5,7,9,11H2,1H3,(H,19,23). The first-order valence-electron chi connectivity index (χ1n) is 8.25. The van der Waals surface area contributed by atoms with E-state index in [4.69, 9.17) is 4.52 Å². The molecular weight excluding hydrogens is 306 g/mol. The predicted octanol–water partition coefficient (Wildman–Crippen LogP) is 2.66. The zero-order valence-electron chi connectivity index (χ0n) is 13.5. The van der Waals surface area contributed by atoms with Crippen LogP contribution in [-0.4, -0.2) is 22.0 Å². The molecule has 6 heteroatoms. The summed E-state index contributed by atoms with van der Waals surface area (Å²) in [7, 11) is 0. The van der Waals surface area contributed by atoms with E-state index >= 15 is 0 Å². The second-order valence-electron chi connectivity index (χ2n) is 6.52. The normalized spacial score (nSPS) is 23.3. The Kier molecular flexibility index (Phi) is 3.40. The summed E-state index contributed by atoms with van der Waals surface area (Å²) in [4.78, 5) is 27.0. The molecule has 1 N–H and O–H groups in total. The van der Waals surface area contributed by atoms with Crippen molar-refractivity contribution >= 4 is 11.9 Å². The summed E-state index contributed by atoms with van der Waals surface area (Å²) in [5.41, 5.74) is 1.71. The average molecular weight is 325 g/mol. The topological polar surface area (TPSA) is 75.4 Å². The molecule has 0 saturated carbocycles. The first kappa shape index (κ1) is 14.9. The van der Waals surface area contributed by atoms with Crippen LogP contribution in [0, 0.1) is 6.92 Å². The van der Waals surface area contributed by atoms with Gasteiger partial charge in [-0.25, -0.2) is 4.79 Å². The molecule has 1 unspecified atom stereocenters. The molecule has 4 rings (SSSR count). The number of carbonyl (C=O) groups is 2. The smallest absolute Gasteiger partial charge is 0.325 e. The molecular formula is C18H19N3O3. The molecule has 1 aromatic heterocycles. The van der Waals surface area contributed by atoms with E-state index < -0.39 is 5.54 Å². The van der Waals surface area contributed by atoms with Gasteiger partial charge >= 0.3 is 6.03 Å². The quantitative estimate of drug-likeness (QED) is 0.861. The first-order chi connectivity index (χ1) is 11.6. The molecule has 1 spiro atoms. The minimum atomic E-state index is -0.942. The van der Waals surface area contributed by atoms with Crippen molar-refractivity contribution in [2.75, 3.05) is 0 Å². The van der Waals surface area contributed by atoms with E-state index in [0.29, 0.717) is 17.9 Å². The fraction of sp³-hybridized carbons (Fsp3) is 0.389. The molecule has 0 bridgehead atoms. The van der Waals surface area contributed by atoms with Gasteiger partial charge in [-0.1, -0.05) is 29.4 Å². The average Bonchev–Trinajstić information content (AvgIpc) is 3.01. The summed E-state index contributed by atoms with van der Waals surface area (Å²) in [6.45, 7) is 1.91. The highest BCUT2D eigenvalue weighted by atomic mass is 16.5. The molecule has 2 aromatic rings. The number of fused-ring (bicyclic) bond motifs is 2. The molecule has 1 fully saturated rings. The molecule has 6 nitrogen and oxygen atoms in total. The summed E-state index contributed by atoms with van der Waals surface area (Å²) in [6.07, 6.45) is 3.48. The fourth-order valence-corrected chi connectivity index (χ4v) is 3.77. The summed E-state index contributed by atoms with van der Waals surface area (Å²) < 4.78 is 5.04. The number of imide groups is 1. The van der Waals surface area contributed by atoms with Gasteiger partial charge in [-0.15, -0.1) is 0 Å². The third kappa shape index (κ3) is 2.21. The van der Waals surface area contributed by atoms with Gasteiger partial charge in [0.05, 0.1) is 6.54 Å². The van der Waals surface area contributed by atoms with Crippen LogP contribution in [-0.2, 0) is 23.3 Å². The Morgan fingerprint density at radius 3 is 2.92 bits per heavy atom. The minimum absolute atomic E-state index is 0.131. The Hall–Kier alpha value is -2.63. The fourth-order valence-electron chi connectivity index (χ4n) is 3.77. The van der Waals surface area contributed by atoms with E-state index in [1.165, 1.54) is 4.90 Å². The van der Waals surface area contributed by atoms with Crippen LogP contribution in [0.4, 0.5) is 4.79 Å². The van der Waals surface area contributed by atoms with Gasteiger partial charge in [-0.05, 0) is 43.7 Å². The lowest BCUT2D eigenvalue weighted by Crippen LogP contribution is -2.44. The predicted molar refractivity (Wildman–Crippen MR) is 86.0 cm³/mol. The van der Waals surface area contributed by atoms with Crippen LogP contribution in [0.5, 0.6) is 0 Å². The summed E-state index contributed by atoms with van der Waals surface area (Å²) in [6, 6.07) is 9.29. The third-order valence-corrected chi connectivity index (χ3v) is 4.90. The van der Waals surface area contributed by atoms with E-state index in [9.17, 15) is 9.59 Å². The van der Waals surface area contributed by atoms with Crippen LogP contribution in [0.15, 0.2) is 34.9 Å². The number of rotatable bonds is 2. The zero-order chi connectivity index (χ0) is 16.7. The van der Waals surface area contributed by atoms with Gasteiger partial charge in [0, 0.05) is 6.07 Å². The second kappa shape index (κ2) is 5.47. The van der Waals surface area contributed by atoms with Crippen molar-refractivity contribution in [3.8, 4) is 0 Å². The molecule has 1 atom stereocenters. The molecule has 1 aliphatic heterocycles. The van der Waals surface area contributed by atoms with Crippen LogP contribution in [0.2, 0.25) is 0 Å². The van der Waals surface area contributed by atoms with Gasteiger partial charge in [0.25, 0.3) is 5.91 Å². The lowest BCUT2D eigenvalue weighted by Gasteiger charge is -2.27. The largest absolute Gasteiger partial charge is 0.361 e. The lowest BCUT2D eigenvalue weighted by atomic mass is 9.84. The van der Waals surface area contributed by atoms with Crippen molar-refractivity contribution in [1.29, 1.82) is 0 Å².